The van der Waals surface area contributed by atoms with E-state index in [2.05, 4.69) is 0 Å². The molecule has 0 atom stereocenters. The lowest BCUT2D eigenvalue weighted by Crippen LogP contribution is -2.09. The molecule has 4 rings (SSSR count). The van der Waals surface area contributed by atoms with E-state index in [4.69, 9.17) is 13.7 Å². The lowest BCUT2D eigenvalue weighted by atomic mass is 9.92. The number of carbonyl (C=O) groups excluding carboxylic acids is 1. The van der Waals surface area contributed by atoms with Crippen molar-refractivity contribution in [3.63, 3.8) is 0 Å². The summed E-state index contributed by atoms with van der Waals surface area (Å²) in [7, 11) is 4.63. The Morgan fingerprint density at radius 1 is 1.03 bits per heavy atom. The van der Waals surface area contributed by atoms with Crippen LogP contribution >= 0.6 is 0 Å². The number of methoxy groups -OCH3 is 1. The maximum absolute atomic E-state index is 12.6. The number of benzene rings is 2. The number of nitrogens with zero attached hydrogens (tertiary/aromatic N) is 2. The molecule has 0 aliphatic rings. The minimum absolute atomic E-state index is 0.205. The van der Waals surface area contributed by atoms with Crippen LogP contribution in [0.2, 0.25) is 0 Å². The number of hydrogen-bond acceptors (Lipinski definition) is 6. The topological polar surface area (TPSA) is 96.6 Å². The van der Waals surface area contributed by atoms with Gasteiger partial charge in [0.2, 0.25) is 0 Å². The van der Waals surface area contributed by atoms with Gasteiger partial charge in [0.05, 0.1) is 18.0 Å². The number of fused-ring (bicyclic) bond motifs is 2. The first-order chi connectivity index (χ1) is 15.7. The molecular weight excluding hydrogens is 424 g/mol. The Bertz CT molecular complexity index is 1530. The van der Waals surface area contributed by atoms with Crippen LogP contribution < -0.4 is 11.3 Å². The molecule has 2 aromatic heterocycles. The van der Waals surface area contributed by atoms with Gasteiger partial charge in [-0.1, -0.05) is 6.08 Å². The maximum Gasteiger partial charge on any atom is 0.419 e. The molecule has 8 nitrogen and oxygen atoms in total. The highest BCUT2D eigenvalue weighted by atomic mass is 16.5. The highest BCUT2D eigenvalue weighted by Gasteiger charge is 2.17. The summed E-state index contributed by atoms with van der Waals surface area (Å²) in [4.78, 5) is 36.2. The van der Waals surface area contributed by atoms with Crippen molar-refractivity contribution in [3.05, 3.63) is 73.5 Å². The molecule has 8 heteroatoms. The Hall–Kier alpha value is -3.81. The molecular formula is C25H26N2O6. The molecule has 0 unspecified atom stereocenters. The van der Waals surface area contributed by atoms with Gasteiger partial charge in [0.15, 0.2) is 11.2 Å². The number of rotatable bonds is 6. The zero-order valence-corrected chi connectivity index (χ0v) is 19.4. The number of oxazole rings is 1. The lowest BCUT2D eigenvalue weighted by Gasteiger charge is -2.12. The molecule has 2 heterocycles. The monoisotopic (exact) mass is 450 g/mol. The van der Waals surface area contributed by atoms with Crippen LogP contribution in [0.3, 0.4) is 0 Å². The van der Waals surface area contributed by atoms with E-state index in [9.17, 15) is 14.4 Å². The Kier molecular flexibility index (Phi) is 5.84. The van der Waals surface area contributed by atoms with Gasteiger partial charge in [-0.2, -0.15) is 4.74 Å². The first-order valence-corrected chi connectivity index (χ1v) is 10.7. The summed E-state index contributed by atoms with van der Waals surface area (Å²) in [6.07, 6.45) is 3.62. The van der Waals surface area contributed by atoms with Crippen molar-refractivity contribution in [1.82, 2.24) is 9.31 Å². The molecule has 4 aromatic rings. The number of ether oxygens (including phenoxy) is 1. The first kappa shape index (κ1) is 22.4. The van der Waals surface area contributed by atoms with Gasteiger partial charge in [0, 0.05) is 20.5 Å². The Balaban J connectivity index is 1.88. The largest absolute Gasteiger partial charge is 0.469 e. The summed E-state index contributed by atoms with van der Waals surface area (Å²) in [5.74, 6) is -0.678. The van der Waals surface area contributed by atoms with E-state index in [1.165, 1.54) is 16.4 Å². The second kappa shape index (κ2) is 8.61. The van der Waals surface area contributed by atoms with E-state index >= 15 is 0 Å². The molecule has 0 radical (unpaired) electrons. The van der Waals surface area contributed by atoms with Gasteiger partial charge in [-0.25, -0.2) is 4.79 Å². The fourth-order valence-electron chi connectivity index (χ4n) is 4.10. The van der Waals surface area contributed by atoms with E-state index in [1.54, 1.807) is 14.1 Å². The van der Waals surface area contributed by atoms with Crippen LogP contribution in [-0.2, 0) is 23.6 Å². The van der Waals surface area contributed by atoms with Crippen LogP contribution in [-0.4, -0.2) is 22.4 Å². The molecule has 0 N–H and O–H groups in total. The molecule has 172 valence electrons. The fraction of sp³-hybridized carbons (Fsp3) is 0.320. The van der Waals surface area contributed by atoms with Crippen molar-refractivity contribution < 1.29 is 18.5 Å². The van der Waals surface area contributed by atoms with Crippen LogP contribution in [0.1, 0.15) is 41.5 Å². The number of hydrogen-bond donors (Lipinski definition) is 0. The molecule has 0 saturated carbocycles. The van der Waals surface area contributed by atoms with Crippen molar-refractivity contribution in [2.45, 2.75) is 33.1 Å². The average Bonchev–Trinajstić information content (AvgIpc) is 3.24. The Morgan fingerprint density at radius 2 is 1.70 bits per heavy atom. The molecule has 33 heavy (non-hydrogen) atoms. The number of aryl methyl sites for hydroxylation is 4. The second-order valence-corrected chi connectivity index (χ2v) is 8.22. The van der Waals surface area contributed by atoms with Gasteiger partial charge in [-0.3, -0.25) is 14.2 Å². The van der Waals surface area contributed by atoms with Gasteiger partial charge < -0.3 is 13.7 Å². The van der Waals surface area contributed by atoms with E-state index in [0.29, 0.717) is 41.3 Å². The molecule has 0 fully saturated rings. The summed E-state index contributed by atoms with van der Waals surface area (Å²) >= 11 is 0. The third kappa shape index (κ3) is 4.04. The lowest BCUT2D eigenvalue weighted by molar-refractivity contribution is -0.140. The first-order valence-electron chi connectivity index (χ1n) is 10.7. The van der Waals surface area contributed by atoms with Crippen LogP contribution in [0.4, 0.5) is 0 Å². The molecule has 0 spiro atoms. The summed E-state index contributed by atoms with van der Waals surface area (Å²) in [6.45, 7) is 3.79. The van der Waals surface area contributed by atoms with Crippen molar-refractivity contribution in [3.8, 4) is 0 Å². The van der Waals surface area contributed by atoms with Gasteiger partial charge in [-0.05, 0) is 78.8 Å². The SMILES string of the molecule is COC(=O)CCCC=C(c1cc(C)c2on(C)c(=O)c2c1)c1cc(C)c2oc(=O)n(C)c2c1. The fourth-order valence-corrected chi connectivity index (χ4v) is 4.10. The summed E-state index contributed by atoms with van der Waals surface area (Å²) in [6, 6.07) is 7.68. The van der Waals surface area contributed by atoms with E-state index in [1.807, 2.05) is 44.2 Å². The van der Waals surface area contributed by atoms with Crippen molar-refractivity contribution >= 4 is 33.6 Å². The second-order valence-electron chi connectivity index (χ2n) is 8.22. The number of unbranched alkanes of at least 4 members (excludes halogenated alkanes) is 1. The average molecular weight is 450 g/mol. The van der Waals surface area contributed by atoms with Crippen LogP contribution in [0.15, 0.2) is 48.9 Å². The molecule has 0 bridgehead atoms. The van der Waals surface area contributed by atoms with Crippen molar-refractivity contribution in [2.75, 3.05) is 7.11 Å². The van der Waals surface area contributed by atoms with Crippen molar-refractivity contribution in [2.24, 2.45) is 14.1 Å². The van der Waals surface area contributed by atoms with Crippen LogP contribution in [0.25, 0.3) is 27.6 Å². The van der Waals surface area contributed by atoms with E-state index in [-0.39, 0.29) is 11.5 Å². The third-order valence-electron chi connectivity index (χ3n) is 5.88. The summed E-state index contributed by atoms with van der Waals surface area (Å²) in [5, 5.41) is 0.501. The smallest absolute Gasteiger partial charge is 0.419 e. The minimum Gasteiger partial charge on any atom is -0.469 e. The van der Waals surface area contributed by atoms with Gasteiger partial charge >= 0.3 is 11.7 Å². The third-order valence-corrected chi connectivity index (χ3v) is 5.88. The normalized spacial score (nSPS) is 12.1. The van der Waals surface area contributed by atoms with Gasteiger partial charge in [-0.15, -0.1) is 0 Å². The predicted octanol–water partition coefficient (Wildman–Crippen LogP) is 3.97. The van der Waals surface area contributed by atoms with Crippen molar-refractivity contribution in [1.29, 1.82) is 0 Å². The summed E-state index contributed by atoms with van der Waals surface area (Å²) in [5.41, 5.74) is 5.89. The molecule has 0 amide bonds. The van der Waals surface area contributed by atoms with E-state index in [0.717, 1.165) is 27.8 Å². The number of aromatic nitrogens is 2. The van der Waals surface area contributed by atoms with E-state index < -0.39 is 5.76 Å². The quantitative estimate of drug-likeness (QED) is 0.326. The minimum atomic E-state index is -0.423. The molecule has 0 saturated heterocycles. The molecule has 0 aliphatic heterocycles. The van der Waals surface area contributed by atoms with Crippen LogP contribution in [0, 0.1) is 13.8 Å². The number of carbonyl (C=O) groups is 1. The Morgan fingerprint density at radius 3 is 2.39 bits per heavy atom. The molecule has 2 aromatic carbocycles. The highest BCUT2D eigenvalue weighted by Crippen LogP contribution is 2.32. The maximum atomic E-state index is 12.6. The number of allylic oxidation sites excluding steroid dienone is 1. The van der Waals surface area contributed by atoms with Crippen LogP contribution in [0.5, 0.6) is 0 Å². The number of esters is 1. The molecule has 0 aliphatic carbocycles. The predicted molar refractivity (Wildman–Crippen MR) is 125 cm³/mol. The Labute approximate surface area is 189 Å². The van der Waals surface area contributed by atoms with Gasteiger partial charge in [0.25, 0.3) is 5.56 Å². The summed E-state index contributed by atoms with van der Waals surface area (Å²) < 4.78 is 18.4. The highest BCUT2D eigenvalue weighted by molar-refractivity contribution is 5.91. The standard InChI is InChI=1S/C25H26N2O6/c1-14-10-16(12-19-22(14)33-27(4)24(19)29)18(8-6-7-9-21(28)31-5)17-11-15(2)23-20(13-17)26(3)25(30)32-23/h8,10-13H,6-7,9H2,1-5H3. The zero-order chi connectivity index (χ0) is 23.9. The zero-order valence-electron chi connectivity index (χ0n) is 19.4. The van der Waals surface area contributed by atoms with Gasteiger partial charge in [0.1, 0.15) is 0 Å².